The van der Waals surface area contributed by atoms with Crippen LogP contribution in [0.4, 0.5) is 0 Å². The molecule has 4 heteroatoms. The molecule has 0 spiro atoms. The molecule has 2 heterocycles. The van der Waals surface area contributed by atoms with Crippen LogP contribution in [0.2, 0.25) is 0 Å². The monoisotopic (exact) mass is 265 g/mol. The first kappa shape index (κ1) is 13.4. The van der Waals surface area contributed by atoms with Gasteiger partial charge in [0, 0.05) is 31.4 Å². The second-order valence-electron chi connectivity index (χ2n) is 4.52. The maximum Gasteiger partial charge on any atom is 0.137 e. The van der Waals surface area contributed by atoms with Crippen molar-refractivity contribution in [1.29, 1.82) is 0 Å². The maximum absolute atomic E-state index is 5.85. The van der Waals surface area contributed by atoms with E-state index in [-0.39, 0.29) is 0 Å². The van der Waals surface area contributed by atoms with Gasteiger partial charge in [-0.1, -0.05) is 19.4 Å². The minimum absolute atomic E-state index is 0.678. The van der Waals surface area contributed by atoms with Gasteiger partial charge in [-0.25, -0.2) is 4.98 Å². The van der Waals surface area contributed by atoms with Crippen LogP contribution in [0.5, 0.6) is 0 Å². The van der Waals surface area contributed by atoms with E-state index in [1.54, 1.807) is 0 Å². The molecule has 0 unspecified atom stereocenters. The molecule has 0 aliphatic rings. The van der Waals surface area contributed by atoms with E-state index in [4.69, 9.17) is 11.6 Å². The zero-order chi connectivity index (χ0) is 12.8. The molecular weight excluding hydrogens is 246 g/mol. The van der Waals surface area contributed by atoms with E-state index in [9.17, 15) is 0 Å². The summed E-state index contributed by atoms with van der Waals surface area (Å²) in [4.78, 5) is 6.99. The van der Waals surface area contributed by atoms with Gasteiger partial charge < -0.3 is 4.40 Å². The fourth-order valence-electron chi connectivity index (χ4n) is 2.06. The van der Waals surface area contributed by atoms with Crippen LogP contribution in [0, 0.1) is 0 Å². The van der Waals surface area contributed by atoms with E-state index in [1.807, 2.05) is 24.4 Å². The molecule has 0 amide bonds. The van der Waals surface area contributed by atoms with Crippen molar-refractivity contribution in [2.24, 2.45) is 0 Å². The molecule has 0 atom stereocenters. The molecule has 0 saturated heterocycles. The van der Waals surface area contributed by atoms with Crippen molar-refractivity contribution >= 4 is 17.2 Å². The van der Waals surface area contributed by atoms with Crippen LogP contribution >= 0.6 is 11.6 Å². The summed E-state index contributed by atoms with van der Waals surface area (Å²) in [6.07, 6.45) is 6.56. The lowest BCUT2D eigenvalue weighted by molar-refractivity contribution is 0.274. The van der Waals surface area contributed by atoms with E-state index in [1.165, 1.54) is 12.8 Å². The average Bonchev–Trinajstić information content (AvgIpc) is 2.78. The zero-order valence-corrected chi connectivity index (χ0v) is 11.6. The molecule has 2 rings (SSSR count). The van der Waals surface area contributed by atoms with Crippen molar-refractivity contribution in [1.82, 2.24) is 14.3 Å². The molecule has 0 aromatic carbocycles. The number of pyridine rings is 1. The molecule has 0 saturated carbocycles. The average molecular weight is 266 g/mol. The van der Waals surface area contributed by atoms with Gasteiger partial charge in [0.05, 0.1) is 5.69 Å². The SMILES string of the molecule is CCCCN(CCCl)Cc1cn2ccccc2n1. The Bertz CT molecular complexity index is 448. The second kappa shape index (κ2) is 6.76. The van der Waals surface area contributed by atoms with Crippen LogP contribution in [-0.2, 0) is 6.54 Å². The van der Waals surface area contributed by atoms with Gasteiger partial charge in [0.2, 0.25) is 0 Å². The highest BCUT2D eigenvalue weighted by Crippen LogP contribution is 2.08. The Morgan fingerprint density at radius 2 is 2.22 bits per heavy atom. The number of hydrogen-bond acceptors (Lipinski definition) is 2. The van der Waals surface area contributed by atoms with Gasteiger partial charge in [0.15, 0.2) is 0 Å². The predicted octanol–water partition coefficient (Wildman–Crippen LogP) is 3.18. The summed E-state index contributed by atoms with van der Waals surface area (Å²) in [7, 11) is 0. The molecule has 0 fully saturated rings. The first-order valence-electron chi connectivity index (χ1n) is 6.54. The van der Waals surface area contributed by atoms with Gasteiger partial charge in [0.1, 0.15) is 5.65 Å². The molecule has 2 aromatic heterocycles. The highest BCUT2D eigenvalue weighted by atomic mass is 35.5. The van der Waals surface area contributed by atoms with Gasteiger partial charge >= 0.3 is 0 Å². The Kier molecular flexibility index (Phi) is 5.02. The van der Waals surface area contributed by atoms with E-state index in [0.29, 0.717) is 5.88 Å². The van der Waals surface area contributed by atoms with E-state index in [2.05, 4.69) is 27.4 Å². The number of nitrogens with zero attached hydrogens (tertiary/aromatic N) is 3. The minimum Gasteiger partial charge on any atom is -0.307 e. The summed E-state index contributed by atoms with van der Waals surface area (Å²) in [5.74, 6) is 0.678. The largest absolute Gasteiger partial charge is 0.307 e. The van der Waals surface area contributed by atoms with Gasteiger partial charge in [-0.15, -0.1) is 11.6 Å². The van der Waals surface area contributed by atoms with Crippen molar-refractivity contribution in [2.45, 2.75) is 26.3 Å². The van der Waals surface area contributed by atoms with Crippen molar-refractivity contribution < 1.29 is 0 Å². The summed E-state index contributed by atoms with van der Waals surface area (Å²) in [6, 6.07) is 6.06. The molecule has 0 bridgehead atoms. The number of hydrogen-bond donors (Lipinski definition) is 0. The molecule has 18 heavy (non-hydrogen) atoms. The fourth-order valence-corrected chi connectivity index (χ4v) is 2.30. The highest BCUT2D eigenvalue weighted by Gasteiger charge is 2.07. The standard InChI is InChI=1S/C14H20ClN3/c1-2-3-8-17(10-7-15)11-13-12-18-9-5-4-6-14(18)16-13/h4-6,9,12H,2-3,7-8,10-11H2,1H3. The van der Waals surface area contributed by atoms with E-state index >= 15 is 0 Å². The Morgan fingerprint density at radius 3 is 2.94 bits per heavy atom. The number of halogens is 1. The number of aromatic nitrogens is 2. The molecule has 0 aliphatic heterocycles. The van der Waals surface area contributed by atoms with Crippen LogP contribution in [0.25, 0.3) is 5.65 Å². The van der Waals surface area contributed by atoms with E-state index < -0.39 is 0 Å². The summed E-state index contributed by atoms with van der Waals surface area (Å²) >= 11 is 5.85. The third kappa shape index (κ3) is 3.47. The predicted molar refractivity (Wildman–Crippen MR) is 76.1 cm³/mol. The smallest absolute Gasteiger partial charge is 0.137 e. The highest BCUT2D eigenvalue weighted by molar-refractivity contribution is 6.18. The van der Waals surface area contributed by atoms with Gasteiger partial charge in [0.25, 0.3) is 0 Å². The van der Waals surface area contributed by atoms with Crippen LogP contribution in [0.3, 0.4) is 0 Å². The molecular formula is C14H20ClN3. The lowest BCUT2D eigenvalue weighted by Crippen LogP contribution is -2.26. The summed E-state index contributed by atoms with van der Waals surface area (Å²) in [5, 5.41) is 0. The number of fused-ring (bicyclic) bond motifs is 1. The number of alkyl halides is 1. The van der Waals surface area contributed by atoms with Crippen molar-refractivity contribution in [2.75, 3.05) is 19.0 Å². The van der Waals surface area contributed by atoms with Crippen molar-refractivity contribution in [3.05, 3.63) is 36.3 Å². The van der Waals surface area contributed by atoms with Crippen LogP contribution in [0.15, 0.2) is 30.6 Å². The molecule has 2 aromatic rings. The third-order valence-corrected chi connectivity index (χ3v) is 3.20. The van der Waals surface area contributed by atoms with Crippen LogP contribution < -0.4 is 0 Å². The Labute approximate surface area is 113 Å². The lowest BCUT2D eigenvalue weighted by atomic mass is 10.3. The Hall–Kier alpha value is -1.06. The molecule has 0 aliphatic carbocycles. The molecule has 3 nitrogen and oxygen atoms in total. The third-order valence-electron chi connectivity index (χ3n) is 3.03. The van der Waals surface area contributed by atoms with Gasteiger partial charge in [-0.2, -0.15) is 0 Å². The molecule has 0 radical (unpaired) electrons. The first-order chi connectivity index (χ1) is 8.83. The number of unbranched alkanes of at least 4 members (excludes halogenated alkanes) is 1. The molecule has 0 N–H and O–H groups in total. The zero-order valence-electron chi connectivity index (χ0n) is 10.8. The summed E-state index contributed by atoms with van der Waals surface area (Å²) in [5.41, 5.74) is 2.12. The topological polar surface area (TPSA) is 20.5 Å². The fraction of sp³-hybridized carbons (Fsp3) is 0.500. The number of imidazole rings is 1. The normalized spacial score (nSPS) is 11.5. The van der Waals surface area contributed by atoms with Gasteiger partial charge in [-0.05, 0) is 25.1 Å². The maximum atomic E-state index is 5.85. The van der Waals surface area contributed by atoms with Crippen molar-refractivity contribution in [3.8, 4) is 0 Å². The number of rotatable bonds is 7. The summed E-state index contributed by atoms with van der Waals surface area (Å²) < 4.78 is 2.06. The Morgan fingerprint density at radius 1 is 1.33 bits per heavy atom. The quantitative estimate of drug-likeness (QED) is 0.717. The Balaban J connectivity index is 2.05. The second-order valence-corrected chi connectivity index (χ2v) is 4.89. The lowest BCUT2D eigenvalue weighted by Gasteiger charge is -2.19. The summed E-state index contributed by atoms with van der Waals surface area (Å²) in [6.45, 7) is 5.12. The molecule has 98 valence electrons. The van der Waals surface area contributed by atoms with Crippen LogP contribution in [0.1, 0.15) is 25.5 Å². The minimum atomic E-state index is 0.678. The van der Waals surface area contributed by atoms with Crippen molar-refractivity contribution in [3.63, 3.8) is 0 Å². The first-order valence-corrected chi connectivity index (χ1v) is 7.08. The van der Waals surface area contributed by atoms with Gasteiger partial charge in [-0.3, -0.25) is 4.90 Å². The van der Waals surface area contributed by atoms with E-state index in [0.717, 1.165) is 31.0 Å². The van der Waals surface area contributed by atoms with Crippen LogP contribution in [-0.4, -0.2) is 33.3 Å².